The van der Waals surface area contributed by atoms with Crippen LogP contribution in [0.3, 0.4) is 0 Å². The van der Waals surface area contributed by atoms with Gasteiger partial charge in [0.15, 0.2) is 0 Å². The second-order valence-corrected chi connectivity index (χ2v) is 4.20. The zero-order valence-corrected chi connectivity index (χ0v) is 8.95. The van der Waals surface area contributed by atoms with Gasteiger partial charge >= 0.3 is 5.97 Å². The normalized spacial score (nSPS) is 18.3. The SMILES string of the molecule is Cc1cnc(C2(C(=O)O)CCC2)nc1C. The number of hydrogen-bond acceptors (Lipinski definition) is 3. The lowest BCUT2D eigenvalue weighted by molar-refractivity contribution is -0.147. The Morgan fingerprint density at radius 3 is 2.53 bits per heavy atom. The average molecular weight is 206 g/mol. The van der Waals surface area contributed by atoms with E-state index in [9.17, 15) is 9.90 Å². The molecule has 0 unspecified atom stereocenters. The van der Waals surface area contributed by atoms with Crippen molar-refractivity contribution in [2.45, 2.75) is 38.5 Å². The second kappa shape index (κ2) is 3.29. The van der Waals surface area contributed by atoms with Crippen LogP contribution in [0.2, 0.25) is 0 Å². The molecule has 1 aliphatic carbocycles. The third-order valence-electron chi connectivity index (χ3n) is 3.27. The first-order valence-electron chi connectivity index (χ1n) is 5.10. The van der Waals surface area contributed by atoms with Crippen molar-refractivity contribution in [3.8, 4) is 0 Å². The number of nitrogens with zero attached hydrogens (tertiary/aromatic N) is 2. The molecule has 0 saturated heterocycles. The maximum Gasteiger partial charge on any atom is 0.317 e. The molecule has 15 heavy (non-hydrogen) atoms. The minimum Gasteiger partial charge on any atom is -0.480 e. The van der Waals surface area contributed by atoms with Gasteiger partial charge in [-0.15, -0.1) is 0 Å². The molecular formula is C11H14N2O2. The van der Waals surface area contributed by atoms with Crippen LogP contribution in [0.15, 0.2) is 6.20 Å². The predicted octanol–water partition coefficient (Wildman–Crippen LogP) is 1.60. The van der Waals surface area contributed by atoms with Crippen LogP contribution in [0.1, 0.15) is 36.3 Å². The van der Waals surface area contributed by atoms with Crippen molar-refractivity contribution in [3.63, 3.8) is 0 Å². The lowest BCUT2D eigenvalue weighted by Crippen LogP contribution is -2.44. The molecule has 1 fully saturated rings. The van der Waals surface area contributed by atoms with E-state index in [1.807, 2.05) is 13.8 Å². The molecule has 1 saturated carbocycles. The molecule has 1 aromatic rings. The Balaban J connectivity index is 2.44. The van der Waals surface area contributed by atoms with E-state index in [0.717, 1.165) is 17.7 Å². The zero-order chi connectivity index (χ0) is 11.1. The lowest BCUT2D eigenvalue weighted by atomic mass is 9.68. The molecule has 0 bridgehead atoms. The largest absolute Gasteiger partial charge is 0.480 e. The summed E-state index contributed by atoms with van der Waals surface area (Å²) in [6.07, 6.45) is 3.97. The fourth-order valence-corrected chi connectivity index (χ4v) is 1.82. The van der Waals surface area contributed by atoms with Gasteiger partial charge in [0, 0.05) is 11.9 Å². The van der Waals surface area contributed by atoms with Crippen LogP contribution in [0.5, 0.6) is 0 Å². The summed E-state index contributed by atoms with van der Waals surface area (Å²) in [4.78, 5) is 19.7. The highest BCUT2D eigenvalue weighted by Crippen LogP contribution is 2.42. The Hall–Kier alpha value is -1.45. The number of aromatic nitrogens is 2. The van der Waals surface area contributed by atoms with E-state index in [-0.39, 0.29) is 0 Å². The van der Waals surface area contributed by atoms with Gasteiger partial charge in [0.05, 0.1) is 0 Å². The Kier molecular flexibility index (Phi) is 2.21. The molecule has 1 N–H and O–H groups in total. The first kappa shape index (κ1) is 10.1. The van der Waals surface area contributed by atoms with E-state index in [2.05, 4.69) is 9.97 Å². The molecule has 1 aliphatic rings. The molecule has 0 radical (unpaired) electrons. The lowest BCUT2D eigenvalue weighted by Gasteiger charge is -2.36. The number of hydrogen-bond donors (Lipinski definition) is 1. The quantitative estimate of drug-likeness (QED) is 0.798. The highest BCUT2D eigenvalue weighted by Gasteiger charge is 2.48. The summed E-state index contributed by atoms with van der Waals surface area (Å²) in [5, 5.41) is 9.22. The molecule has 1 heterocycles. The van der Waals surface area contributed by atoms with Crippen molar-refractivity contribution in [1.82, 2.24) is 9.97 Å². The smallest absolute Gasteiger partial charge is 0.317 e. The molecule has 2 rings (SSSR count). The summed E-state index contributed by atoms with van der Waals surface area (Å²) < 4.78 is 0. The van der Waals surface area contributed by atoms with Crippen molar-refractivity contribution in [1.29, 1.82) is 0 Å². The van der Waals surface area contributed by atoms with Crippen molar-refractivity contribution < 1.29 is 9.90 Å². The average Bonchev–Trinajstić information content (AvgIpc) is 2.08. The number of carbonyl (C=O) groups is 1. The summed E-state index contributed by atoms with van der Waals surface area (Å²) in [5.74, 6) is -0.318. The summed E-state index contributed by atoms with van der Waals surface area (Å²) in [7, 11) is 0. The highest BCUT2D eigenvalue weighted by atomic mass is 16.4. The van der Waals surface area contributed by atoms with Crippen molar-refractivity contribution in [2.24, 2.45) is 0 Å². The zero-order valence-electron chi connectivity index (χ0n) is 8.95. The van der Waals surface area contributed by atoms with Gasteiger partial charge in [-0.25, -0.2) is 9.97 Å². The summed E-state index contributed by atoms with van der Waals surface area (Å²) in [6.45, 7) is 3.81. The van der Waals surface area contributed by atoms with Crippen LogP contribution in [0.4, 0.5) is 0 Å². The molecule has 80 valence electrons. The topological polar surface area (TPSA) is 63.1 Å². The van der Waals surface area contributed by atoms with E-state index < -0.39 is 11.4 Å². The number of rotatable bonds is 2. The van der Waals surface area contributed by atoms with Crippen LogP contribution < -0.4 is 0 Å². The number of carboxylic acids is 1. The Morgan fingerprint density at radius 1 is 1.47 bits per heavy atom. The third-order valence-corrected chi connectivity index (χ3v) is 3.27. The van der Waals surface area contributed by atoms with Gasteiger partial charge in [-0.2, -0.15) is 0 Å². The summed E-state index contributed by atoms with van der Waals surface area (Å²) in [6, 6.07) is 0. The Labute approximate surface area is 88.4 Å². The molecule has 0 atom stereocenters. The van der Waals surface area contributed by atoms with Gasteiger partial charge in [0.25, 0.3) is 0 Å². The van der Waals surface area contributed by atoms with Crippen molar-refractivity contribution in [3.05, 3.63) is 23.3 Å². The summed E-state index contributed by atoms with van der Waals surface area (Å²) >= 11 is 0. The van der Waals surface area contributed by atoms with E-state index in [0.29, 0.717) is 18.7 Å². The first-order valence-corrected chi connectivity index (χ1v) is 5.10. The Bertz CT molecular complexity index is 411. The minimum atomic E-state index is -0.807. The predicted molar refractivity (Wildman–Crippen MR) is 54.7 cm³/mol. The van der Waals surface area contributed by atoms with Crippen LogP contribution in [-0.4, -0.2) is 21.0 Å². The molecule has 0 spiro atoms. The van der Waals surface area contributed by atoms with Gasteiger partial charge in [-0.05, 0) is 32.3 Å². The summed E-state index contributed by atoms with van der Waals surface area (Å²) in [5.41, 5.74) is 1.06. The van der Waals surface area contributed by atoms with E-state index >= 15 is 0 Å². The monoisotopic (exact) mass is 206 g/mol. The van der Waals surface area contributed by atoms with E-state index in [1.165, 1.54) is 0 Å². The molecule has 4 nitrogen and oxygen atoms in total. The van der Waals surface area contributed by atoms with Crippen LogP contribution >= 0.6 is 0 Å². The van der Waals surface area contributed by atoms with Crippen LogP contribution in [-0.2, 0) is 10.2 Å². The Morgan fingerprint density at radius 2 is 2.13 bits per heavy atom. The molecule has 1 aromatic heterocycles. The first-order chi connectivity index (χ1) is 7.06. The highest BCUT2D eigenvalue weighted by molar-refractivity contribution is 5.81. The maximum atomic E-state index is 11.2. The fourth-order valence-electron chi connectivity index (χ4n) is 1.82. The standard InChI is InChI=1S/C11H14N2O2/c1-7-6-12-9(13-8(7)2)11(10(14)15)4-3-5-11/h6H,3-5H2,1-2H3,(H,14,15). The maximum absolute atomic E-state index is 11.2. The van der Waals surface area contributed by atoms with E-state index in [4.69, 9.17) is 0 Å². The van der Waals surface area contributed by atoms with Crippen molar-refractivity contribution in [2.75, 3.05) is 0 Å². The molecule has 4 heteroatoms. The fraction of sp³-hybridized carbons (Fsp3) is 0.545. The molecular weight excluding hydrogens is 192 g/mol. The van der Waals surface area contributed by atoms with Crippen LogP contribution in [0, 0.1) is 13.8 Å². The molecule has 0 aromatic carbocycles. The minimum absolute atomic E-state index is 0.476. The number of aliphatic carboxylic acids is 1. The van der Waals surface area contributed by atoms with Crippen molar-refractivity contribution >= 4 is 5.97 Å². The van der Waals surface area contributed by atoms with Gasteiger partial charge in [-0.1, -0.05) is 6.42 Å². The van der Waals surface area contributed by atoms with Gasteiger partial charge in [-0.3, -0.25) is 4.79 Å². The van der Waals surface area contributed by atoms with Crippen LogP contribution in [0.25, 0.3) is 0 Å². The molecule has 0 aliphatic heterocycles. The number of aryl methyl sites for hydroxylation is 2. The second-order valence-electron chi connectivity index (χ2n) is 4.20. The number of carboxylic acid groups (broad SMARTS) is 1. The van der Waals surface area contributed by atoms with E-state index in [1.54, 1.807) is 6.20 Å². The van der Waals surface area contributed by atoms with Gasteiger partial charge in [0.1, 0.15) is 11.2 Å². The molecule has 0 amide bonds. The van der Waals surface area contributed by atoms with Gasteiger partial charge in [0.2, 0.25) is 0 Å². The van der Waals surface area contributed by atoms with Gasteiger partial charge < -0.3 is 5.11 Å². The third kappa shape index (κ3) is 1.40.